The Kier molecular flexibility index (Phi) is 5.08. The van der Waals surface area contributed by atoms with Crippen molar-refractivity contribution in [3.63, 3.8) is 0 Å². The molecule has 0 aliphatic carbocycles. The van der Waals surface area contributed by atoms with E-state index in [0.29, 0.717) is 19.4 Å². The number of nitro groups is 1. The summed E-state index contributed by atoms with van der Waals surface area (Å²) in [6.07, 6.45) is -0.603. The topological polar surface area (TPSA) is 108 Å². The lowest BCUT2D eigenvalue weighted by molar-refractivity contribution is -0.384. The normalized spacial score (nSPS) is 24.7. The van der Waals surface area contributed by atoms with Crippen LogP contribution < -0.4 is 4.90 Å². The smallest absolute Gasteiger partial charge is 0.303 e. The number of carbonyl (C=O) groups is 2. The van der Waals surface area contributed by atoms with E-state index in [1.165, 1.54) is 19.9 Å². The van der Waals surface area contributed by atoms with Crippen LogP contribution in [-0.4, -0.2) is 48.4 Å². The van der Waals surface area contributed by atoms with Crippen LogP contribution in [0.3, 0.4) is 0 Å². The van der Waals surface area contributed by atoms with Gasteiger partial charge >= 0.3 is 11.9 Å². The van der Waals surface area contributed by atoms with Gasteiger partial charge in [-0.15, -0.1) is 0 Å². The molecule has 0 saturated carbocycles. The summed E-state index contributed by atoms with van der Waals surface area (Å²) in [7, 11) is 0. The van der Waals surface area contributed by atoms with E-state index in [9.17, 15) is 19.7 Å². The molecule has 140 valence electrons. The number of carbonyl (C=O) groups excluding carboxylic acids is 2. The maximum atomic E-state index is 11.4. The zero-order valence-corrected chi connectivity index (χ0v) is 14.5. The molecule has 2 heterocycles. The Bertz CT molecular complexity index is 736. The van der Waals surface area contributed by atoms with E-state index in [2.05, 4.69) is 0 Å². The average molecular weight is 364 g/mol. The minimum Gasteiger partial charge on any atom is -0.458 e. The second kappa shape index (κ2) is 7.28. The van der Waals surface area contributed by atoms with Gasteiger partial charge in [0.2, 0.25) is 0 Å². The summed E-state index contributed by atoms with van der Waals surface area (Å²) in [6.45, 7) is 3.35. The van der Waals surface area contributed by atoms with Gasteiger partial charge in [-0.1, -0.05) is 0 Å². The number of nitro benzene ring substituents is 1. The molecule has 1 fully saturated rings. The van der Waals surface area contributed by atoms with Crippen LogP contribution >= 0.6 is 0 Å². The summed E-state index contributed by atoms with van der Waals surface area (Å²) in [5.74, 6) is -0.918. The van der Waals surface area contributed by atoms with E-state index in [-0.39, 0.29) is 18.5 Å². The molecule has 3 atom stereocenters. The summed E-state index contributed by atoms with van der Waals surface area (Å²) in [4.78, 5) is 35.2. The molecule has 9 heteroatoms. The van der Waals surface area contributed by atoms with E-state index >= 15 is 0 Å². The summed E-state index contributed by atoms with van der Waals surface area (Å²) in [5, 5.41) is 10.9. The first-order valence-corrected chi connectivity index (χ1v) is 8.35. The lowest BCUT2D eigenvalue weighted by Gasteiger charge is -2.39. The van der Waals surface area contributed by atoms with Crippen LogP contribution in [0.1, 0.15) is 25.8 Å². The van der Waals surface area contributed by atoms with Gasteiger partial charge in [0.05, 0.1) is 11.5 Å². The highest BCUT2D eigenvalue weighted by Crippen LogP contribution is 2.35. The summed E-state index contributed by atoms with van der Waals surface area (Å²) in [6, 6.07) is 4.75. The largest absolute Gasteiger partial charge is 0.458 e. The minimum atomic E-state index is -0.647. The van der Waals surface area contributed by atoms with Gasteiger partial charge in [0, 0.05) is 44.6 Å². The molecule has 3 rings (SSSR count). The number of benzene rings is 1. The fourth-order valence-corrected chi connectivity index (χ4v) is 3.44. The third-order valence-electron chi connectivity index (χ3n) is 4.49. The molecule has 3 unspecified atom stereocenters. The molecule has 2 aliphatic rings. The summed E-state index contributed by atoms with van der Waals surface area (Å²) >= 11 is 0. The van der Waals surface area contributed by atoms with E-state index in [0.717, 1.165) is 11.3 Å². The molecule has 0 spiro atoms. The molecule has 2 aliphatic heterocycles. The van der Waals surface area contributed by atoms with Gasteiger partial charge in [-0.3, -0.25) is 19.7 Å². The molecule has 0 radical (unpaired) electrons. The van der Waals surface area contributed by atoms with Crippen molar-refractivity contribution in [1.82, 2.24) is 0 Å². The molecular formula is C17H20N2O7. The Morgan fingerprint density at radius 3 is 2.58 bits per heavy atom. The number of rotatable bonds is 4. The Labute approximate surface area is 150 Å². The number of ether oxygens (including phenoxy) is 3. The number of non-ortho nitro benzene ring substituents is 1. The Hall–Kier alpha value is -2.68. The Morgan fingerprint density at radius 2 is 1.92 bits per heavy atom. The first-order valence-electron chi connectivity index (χ1n) is 8.35. The first kappa shape index (κ1) is 18.1. The standard InChI is InChI=1S/C17H20N2O7/c1-10(20)25-15-8-17(24-9-16(15)26-11(2)21)18-6-5-12-7-13(19(22)23)3-4-14(12)18/h3-4,7,15-17H,5-6,8-9H2,1-2H3. The molecule has 0 N–H and O–H groups in total. The van der Waals surface area contributed by atoms with Gasteiger partial charge in [0.1, 0.15) is 12.3 Å². The van der Waals surface area contributed by atoms with Gasteiger partial charge in [-0.2, -0.15) is 0 Å². The maximum absolute atomic E-state index is 11.4. The van der Waals surface area contributed by atoms with Crippen molar-refractivity contribution in [1.29, 1.82) is 0 Å². The van der Waals surface area contributed by atoms with Crippen LogP contribution in [0, 0.1) is 10.1 Å². The molecule has 1 aromatic carbocycles. The van der Waals surface area contributed by atoms with Crippen molar-refractivity contribution in [3.8, 4) is 0 Å². The van der Waals surface area contributed by atoms with Crippen molar-refractivity contribution >= 4 is 23.3 Å². The fourth-order valence-electron chi connectivity index (χ4n) is 3.44. The van der Waals surface area contributed by atoms with Crippen LogP contribution in [0.2, 0.25) is 0 Å². The van der Waals surface area contributed by atoms with Crippen LogP contribution in [-0.2, 0) is 30.2 Å². The molecule has 9 nitrogen and oxygen atoms in total. The first-order chi connectivity index (χ1) is 12.3. The average Bonchev–Trinajstić information content (AvgIpc) is 2.98. The van der Waals surface area contributed by atoms with Crippen molar-refractivity contribution in [2.45, 2.75) is 45.1 Å². The van der Waals surface area contributed by atoms with Crippen LogP contribution in [0.5, 0.6) is 0 Å². The van der Waals surface area contributed by atoms with E-state index in [1.54, 1.807) is 12.1 Å². The predicted octanol–water partition coefficient (Wildman–Crippen LogP) is 1.57. The third kappa shape index (κ3) is 3.77. The van der Waals surface area contributed by atoms with E-state index in [1.807, 2.05) is 4.90 Å². The second-order valence-corrected chi connectivity index (χ2v) is 6.33. The minimum absolute atomic E-state index is 0.0582. The molecule has 1 saturated heterocycles. The highest BCUT2D eigenvalue weighted by molar-refractivity contribution is 5.67. The monoisotopic (exact) mass is 364 g/mol. The van der Waals surface area contributed by atoms with E-state index in [4.69, 9.17) is 14.2 Å². The molecule has 0 bridgehead atoms. The Balaban J connectivity index is 1.76. The predicted molar refractivity (Wildman–Crippen MR) is 89.6 cm³/mol. The molecular weight excluding hydrogens is 344 g/mol. The number of esters is 2. The van der Waals surface area contributed by atoms with Gasteiger partial charge < -0.3 is 19.1 Å². The number of fused-ring (bicyclic) bond motifs is 1. The summed E-state index contributed by atoms with van der Waals surface area (Å²) in [5.41, 5.74) is 1.81. The zero-order chi connectivity index (χ0) is 18.8. The van der Waals surface area contributed by atoms with E-state index < -0.39 is 29.1 Å². The quantitative estimate of drug-likeness (QED) is 0.450. The molecule has 1 aromatic rings. The van der Waals surface area contributed by atoms with Gasteiger partial charge in [0.25, 0.3) is 5.69 Å². The Morgan fingerprint density at radius 1 is 1.23 bits per heavy atom. The number of anilines is 1. The lowest BCUT2D eigenvalue weighted by Crippen LogP contribution is -2.51. The highest BCUT2D eigenvalue weighted by Gasteiger charge is 2.39. The third-order valence-corrected chi connectivity index (χ3v) is 4.49. The number of hydrogen-bond donors (Lipinski definition) is 0. The van der Waals surface area contributed by atoms with Crippen molar-refractivity contribution in [2.75, 3.05) is 18.1 Å². The van der Waals surface area contributed by atoms with Crippen molar-refractivity contribution < 1.29 is 28.7 Å². The SMILES string of the molecule is CC(=O)OC1COC(N2CCc3cc([N+](=O)[O-])ccc32)CC1OC(C)=O. The number of nitrogens with zero attached hydrogens (tertiary/aromatic N) is 2. The summed E-state index contributed by atoms with van der Waals surface area (Å²) < 4.78 is 16.4. The molecule has 26 heavy (non-hydrogen) atoms. The molecule has 0 aromatic heterocycles. The highest BCUT2D eigenvalue weighted by atomic mass is 16.6. The number of hydrogen-bond acceptors (Lipinski definition) is 8. The molecule has 0 amide bonds. The lowest BCUT2D eigenvalue weighted by atomic mass is 10.1. The van der Waals surface area contributed by atoms with Gasteiger partial charge in [0.15, 0.2) is 6.10 Å². The van der Waals surface area contributed by atoms with Gasteiger partial charge in [-0.05, 0) is 18.1 Å². The van der Waals surface area contributed by atoms with Crippen molar-refractivity contribution in [2.24, 2.45) is 0 Å². The zero-order valence-electron chi connectivity index (χ0n) is 14.5. The van der Waals surface area contributed by atoms with Crippen LogP contribution in [0.15, 0.2) is 18.2 Å². The van der Waals surface area contributed by atoms with Crippen molar-refractivity contribution in [3.05, 3.63) is 33.9 Å². The maximum Gasteiger partial charge on any atom is 0.303 e. The van der Waals surface area contributed by atoms with Gasteiger partial charge in [-0.25, -0.2) is 0 Å². The fraction of sp³-hybridized carbons (Fsp3) is 0.529. The second-order valence-electron chi connectivity index (χ2n) is 6.33. The van der Waals surface area contributed by atoms with Crippen LogP contribution in [0.25, 0.3) is 0 Å². The van der Waals surface area contributed by atoms with Crippen LogP contribution in [0.4, 0.5) is 11.4 Å².